The number of anilines is 1. The third kappa shape index (κ3) is 2.76. The quantitative estimate of drug-likeness (QED) is 0.783. The molecule has 3 rings (SSSR count). The van der Waals surface area contributed by atoms with E-state index >= 15 is 0 Å². The molecule has 0 saturated heterocycles. The van der Waals surface area contributed by atoms with Crippen LogP contribution in [0.2, 0.25) is 0 Å². The molecule has 0 spiro atoms. The number of nitrogens with zero attached hydrogens (tertiary/aromatic N) is 1. The lowest BCUT2D eigenvalue weighted by Crippen LogP contribution is -2.26. The molecule has 7 heteroatoms. The zero-order chi connectivity index (χ0) is 17.4. The van der Waals surface area contributed by atoms with Crippen LogP contribution in [0.4, 0.5) is 18.9 Å². The number of hydrogen-bond donors (Lipinski definition) is 1. The molecule has 3 aromatic rings. The Labute approximate surface area is 134 Å². The molecule has 0 fully saturated rings. The van der Waals surface area contributed by atoms with Gasteiger partial charge in [-0.05, 0) is 41.8 Å². The van der Waals surface area contributed by atoms with E-state index in [9.17, 15) is 22.8 Å². The van der Waals surface area contributed by atoms with Crippen LogP contribution in [0.3, 0.4) is 0 Å². The molecule has 0 bridgehead atoms. The number of carbonyl (C=O) groups excluding carboxylic acids is 1. The minimum absolute atomic E-state index is 0.0816. The summed E-state index contributed by atoms with van der Waals surface area (Å²) in [6.45, 7) is 0. The third-order valence-electron chi connectivity index (χ3n) is 3.61. The largest absolute Gasteiger partial charge is 0.318 e. The summed E-state index contributed by atoms with van der Waals surface area (Å²) in [6.07, 6.45) is 0. The molecule has 24 heavy (non-hydrogen) atoms. The second-order valence-electron chi connectivity index (χ2n) is 5.20. The summed E-state index contributed by atoms with van der Waals surface area (Å²) in [7, 11) is 1.38. The van der Waals surface area contributed by atoms with Crippen molar-refractivity contribution in [3.8, 4) is 0 Å². The Bertz CT molecular complexity index is 1030. The molecule has 4 nitrogen and oxygen atoms in total. The van der Waals surface area contributed by atoms with Crippen molar-refractivity contribution < 1.29 is 18.0 Å². The number of halogens is 3. The Morgan fingerprint density at radius 3 is 2.38 bits per heavy atom. The highest BCUT2D eigenvalue weighted by Gasteiger charge is 2.15. The SMILES string of the molecule is Cn1c(C(=O)Nc2ccc(F)cc2F)cc2cc(F)ccc2c1=O. The summed E-state index contributed by atoms with van der Waals surface area (Å²) >= 11 is 0. The van der Waals surface area contributed by atoms with Gasteiger partial charge in [-0.15, -0.1) is 0 Å². The highest BCUT2D eigenvalue weighted by Crippen LogP contribution is 2.18. The van der Waals surface area contributed by atoms with E-state index in [0.29, 0.717) is 6.07 Å². The molecule has 1 aromatic heterocycles. The van der Waals surface area contributed by atoms with E-state index < -0.39 is 28.9 Å². The van der Waals surface area contributed by atoms with Gasteiger partial charge in [0.25, 0.3) is 11.5 Å². The van der Waals surface area contributed by atoms with Crippen molar-refractivity contribution in [3.05, 3.63) is 76.0 Å². The average Bonchev–Trinajstić information content (AvgIpc) is 2.53. The number of rotatable bonds is 2. The van der Waals surface area contributed by atoms with Crippen LogP contribution in [0.1, 0.15) is 10.5 Å². The Morgan fingerprint density at radius 2 is 1.67 bits per heavy atom. The Hall–Kier alpha value is -3.09. The van der Waals surface area contributed by atoms with Crippen molar-refractivity contribution >= 4 is 22.4 Å². The number of hydrogen-bond acceptors (Lipinski definition) is 2. The van der Waals surface area contributed by atoms with Gasteiger partial charge in [-0.3, -0.25) is 9.59 Å². The van der Waals surface area contributed by atoms with Gasteiger partial charge in [-0.25, -0.2) is 13.2 Å². The Balaban J connectivity index is 2.06. The maximum atomic E-state index is 13.6. The number of pyridine rings is 1. The molecule has 0 radical (unpaired) electrons. The van der Waals surface area contributed by atoms with Gasteiger partial charge < -0.3 is 9.88 Å². The van der Waals surface area contributed by atoms with Crippen molar-refractivity contribution in [1.82, 2.24) is 4.57 Å². The van der Waals surface area contributed by atoms with Gasteiger partial charge in [0, 0.05) is 18.5 Å². The summed E-state index contributed by atoms with van der Waals surface area (Å²) in [5.41, 5.74) is -0.799. The van der Waals surface area contributed by atoms with Gasteiger partial charge in [0.1, 0.15) is 23.1 Å². The van der Waals surface area contributed by atoms with Gasteiger partial charge in [0.2, 0.25) is 0 Å². The van der Waals surface area contributed by atoms with Crippen LogP contribution < -0.4 is 10.9 Å². The summed E-state index contributed by atoms with van der Waals surface area (Å²) in [5.74, 6) is -3.04. The first kappa shape index (κ1) is 15.8. The van der Waals surface area contributed by atoms with Crippen LogP contribution in [-0.2, 0) is 7.05 Å². The molecule has 0 aliphatic rings. The van der Waals surface area contributed by atoms with E-state index in [1.807, 2.05) is 0 Å². The minimum Gasteiger partial charge on any atom is -0.318 e. The molecule has 0 unspecified atom stereocenters. The molecule has 0 aliphatic carbocycles. The van der Waals surface area contributed by atoms with Gasteiger partial charge >= 0.3 is 0 Å². The number of amides is 1. The molecule has 1 N–H and O–H groups in total. The van der Waals surface area contributed by atoms with E-state index in [1.54, 1.807) is 0 Å². The van der Waals surface area contributed by atoms with Crippen LogP contribution >= 0.6 is 0 Å². The molecular weight excluding hydrogens is 321 g/mol. The van der Waals surface area contributed by atoms with E-state index in [2.05, 4.69) is 5.32 Å². The highest BCUT2D eigenvalue weighted by atomic mass is 19.1. The summed E-state index contributed by atoms with van der Waals surface area (Å²) in [6, 6.07) is 7.63. The van der Waals surface area contributed by atoms with Crippen molar-refractivity contribution in [2.24, 2.45) is 7.05 Å². The topological polar surface area (TPSA) is 51.1 Å². The molecule has 0 atom stereocenters. The van der Waals surface area contributed by atoms with E-state index in [0.717, 1.165) is 28.8 Å². The van der Waals surface area contributed by atoms with E-state index in [4.69, 9.17) is 0 Å². The van der Waals surface area contributed by atoms with E-state index in [-0.39, 0.29) is 22.2 Å². The average molecular weight is 332 g/mol. The van der Waals surface area contributed by atoms with Crippen LogP contribution in [-0.4, -0.2) is 10.5 Å². The van der Waals surface area contributed by atoms with Crippen LogP contribution in [0, 0.1) is 17.5 Å². The van der Waals surface area contributed by atoms with Crippen LogP contribution in [0.15, 0.2) is 47.3 Å². The van der Waals surface area contributed by atoms with Crippen LogP contribution in [0.5, 0.6) is 0 Å². The van der Waals surface area contributed by atoms with Gasteiger partial charge in [-0.1, -0.05) is 0 Å². The number of aromatic nitrogens is 1. The predicted molar refractivity (Wildman–Crippen MR) is 83.5 cm³/mol. The van der Waals surface area contributed by atoms with Crippen molar-refractivity contribution in [3.63, 3.8) is 0 Å². The Morgan fingerprint density at radius 1 is 1.00 bits per heavy atom. The minimum atomic E-state index is -0.944. The maximum absolute atomic E-state index is 13.6. The number of benzene rings is 2. The van der Waals surface area contributed by atoms with Crippen molar-refractivity contribution in [1.29, 1.82) is 0 Å². The molecule has 122 valence electrons. The first-order valence-electron chi connectivity index (χ1n) is 6.92. The Kier molecular flexibility index (Phi) is 3.84. The predicted octanol–water partition coefficient (Wildman–Crippen LogP) is 3.21. The summed E-state index contributed by atoms with van der Waals surface area (Å²) in [4.78, 5) is 24.6. The maximum Gasteiger partial charge on any atom is 0.272 e. The van der Waals surface area contributed by atoms with Gasteiger partial charge in [-0.2, -0.15) is 0 Å². The second-order valence-corrected chi connectivity index (χ2v) is 5.20. The van der Waals surface area contributed by atoms with Gasteiger partial charge in [0.05, 0.1) is 5.69 Å². The molecule has 0 saturated carbocycles. The molecule has 1 amide bonds. The molecule has 1 heterocycles. The smallest absolute Gasteiger partial charge is 0.272 e. The fourth-order valence-electron chi connectivity index (χ4n) is 2.38. The lowest BCUT2D eigenvalue weighted by atomic mass is 10.1. The van der Waals surface area contributed by atoms with Crippen molar-refractivity contribution in [2.75, 3.05) is 5.32 Å². The number of nitrogens with one attached hydrogen (secondary N) is 1. The van der Waals surface area contributed by atoms with Crippen molar-refractivity contribution in [2.45, 2.75) is 0 Å². The lowest BCUT2D eigenvalue weighted by molar-refractivity contribution is 0.101. The summed E-state index contributed by atoms with van der Waals surface area (Å²) < 4.78 is 41.0. The number of fused-ring (bicyclic) bond motifs is 1. The molecule has 0 aliphatic heterocycles. The standard InChI is InChI=1S/C17H11F3N2O2/c1-22-15(7-9-6-10(18)2-4-12(9)17(22)24)16(23)21-14-5-3-11(19)8-13(14)20/h2-8H,1H3,(H,21,23). The summed E-state index contributed by atoms with van der Waals surface area (Å²) in [5, 5.41) is 2.77. The second kappa shape index (κ2) is 5.84. The lowest BCUT2D eigenvalue weighted by Gasteiger charge is -2.11. The molecule has 2 aromatic carbocycles. The highest BCUT2D eigenvalue weighted by molar-refractivity contribution is 6.05. The normalized spacial score (nSPS) is 10.8. The zero-order valence-electron chi connectivity index (χ0n) is 12.4. The first-order valence-corrected chi connectivity index (χ1v) is 6.92. The third-order valence-corrected chi connectivity index (χ3v) is 3.61. The fourth-order valence-corrected chi connectivity index (χ4v) is 2.38. The number of carbonyl (C=O) groups is 1. The molecular formula is C17H11F3N2O2. The first-order chi connectivity index (χ1) is 11.4. The van der Waals surface area contributed by atoms with E-state index in [1.165, 1.54) is 19.2 Å². The van der Waals surface area contributed by atoms with Crippen LogP contribution in [0.25, 0.3) is 10.8 Å². The zero-order valence-corrected chi connectivity index (χ0v) is 12.4. The monoisotopic (exact) mass is 332 g/mol. The van der Waals surface area contributed by atoms with Gasteiger partial charge in [0.15, 0.2) is 0 Å². The fraction of sp³-hybridized carbons (Fsp3) is 0.0588.